The molecule has 2 aromatic rings. The molecule has 0 heterocycles. The van der Waals surface area contributed by atoms with Gasteiger partial charge in [-0.1, -0.05) is 18.2 Å². The molecule has 0 aliphatic carbocycles. The molecule has 104 valence electrons. The monoisotopic (exact) mass is 273 g/mol. The number of para-hydroxylation sites is 2. The molecule has 3 N–H and O–H groups in total. The molecular weight excluding hydrogens is 258 g/mol. The topological polar surface area (TPSA) is 90.4 Å². The van der Waals surface area contributed by atoms with Gasteiger partial charge in [0.05, 0.1) is 17.7 Å². The maximum atomic E-state index is 11.1. The molecule has 0 aliphatic heterocycles. The van der Waals surface area contributed by atoms with E-state index in [2.05, 4.69) is 5.32 Å². The predicted octanol–water partition coefficient (Wildman–Crippen LogP) is 2.81. The summed E-state index contributed by atoms with van der Waals surface area (Å²) in [7, 11) is 1.55. The van der Waals surface area contributed by atoms with Crippen LogP contribution in [-0.2, 0) is 6.54 Å². The number of methoxy groups -OCH3 is 1. The Morgan fingerprint density at radius 1 is 1.25 bits per heavy atom. The number of nitrogens with one attached hydrogen (secondary N) is 1. The van der Waals surface area contributed by atoms with Crippen LogP contribution in [0.3, 0.4) is 0 Å². The van der Waals surface area contributed by atoms with Gasteiger partial charge >= 0.3 is 0 Å². The van der Waals surface area contributed by atoms with E-state index >= 15 is 0 Å². The van der Waals surface area contributed by atoms with Gasteiger partial charge in [-0.2, -0.15) is 0 Å². The van der Waals surface area contributed by atoms with Crippen LogP contribution >= 0.6 is 0 Å². The van der Waals surface area contributed by atoms with E-state index in [0.717, 1.165) is 0 Å². The van der Waals surface area contributed by atoms with Gasteiger partial charge in [0.2, 0.25) is 0 Å². The molecule has 2 aromatic carbocycles. The first kappa shape index (κ1) is 13.8. The van der Waals surface area contributed by atoms with Crippen LogP contribution in [0.15, 0.2) is 42.5 Å². The molecule has 0 aliphatic rings. The fourth-order valence-electron chi connectivity index (χ4n) is 1.85. The average Bonchev–Trinajstić information content (AvgIpc) is 2.48. The second-order valence-electron chi connectivity index (χ2n) is 4.14. The highest BCUT2D eigenvalue weighted by Gasteiger charge is 2.15. The van der Waals surface area contributed by atoms with Crippen molar-refractivity contribution in [1.82, 2.24) is 0 Å². The molecule has 0 amide bonds. The van der Waals surface area contributed by atoms with Crippen LogP contribution in [0.4, 0.5) is 17.1 Å². The lowest BCUT2D eigenvalue weighted by Gasteiger charge is -2.11. The lowest BCUT2D eigenvalue weighted by Crippen LogP contribution is -2.02. The minimum atomic E-state index is -0.434. The fraction of sp³-hybridized carbons (Fsp3) is 0.143. The van der Waals surface area contributed by atoms with Gasteiger partial charge in [0.15, 0.2) is 0 Å². The van der Waals surface area contributed by atoms with Crippen molar-refractivity contribution in [2.75, 3.05) is 12.4 Å². The Morgan fingerprint density at radius 2 is 2.00 bits per heavy atom. The summed E-state index contributed by atoms with van der Waals surface area (Å²) in [5, 5.41) is 14.1. The Hall–Kier alpha value is -2.60. The summed E-state index contributed by atoms with van der Waals surface area (Å²) in [4.78, 5) is 10.7. The number of nitrogens with zero attached hydrogens (tertiary/aromatic N) is 1. The van der Waals surface area contributed by atoms with Crippen LogP contribution in [0, 0.1) is 10.1 Å². The van der Waals surface area contributed by atoms with Crippen LogP contribution in [0.2, 0.25) is 0 Å². The van der Waals surface area contributed by atoms with E-state index in [1.807, 2.05) is 12.1 Å². The van der Waals surface area contributed by atoms with Crippen molar-refractivity contribution in [3.63, 3.8) is 0 Å². The molecule has 2 rings (SSSR count). The van der Waals surface area contributed by atoms with E-state index in [1.54, 1.807) is 31.4 Å². The number of nitrogens with two attached hydrogens (primary N) is 1. The summed E-state index contributed by atoms with van der Waals surface area (Å²) >= 11 is 0. The van der Waals surface area contributed by atoms with Crippen molar-refractivity contribution in [2.24, 2.45) is 5.73 Å². The van der Waals surface area contributed by atoms with Crippen LogP contribution in [-0.4, -0.2) is 12.0 Å². The van der Waals surface area contributed by atoms with Crippen molar-refractivity contribution in [2.45, 2.75) is 6.54 Å². The van der Waals surface area contributed by atoms with Crippen molar-refractivity contribution in [3.05, 3.63) is 58.1 Å². The van der Waals surface area contributed by atoms with Gasteiger partial charge in [0, 0.05) is 12.6 Å². The largest absolute Gasteiger partial charge is 0.495 e. The smallest absolute Gasteiger partial charge is 0.292 e. The maximum Gasteiger partial charge on any atom is 0.292 e. The molecule has 0 aromatic heterocycles. The third-order valence-electron chi connectivity index (χ3n) is 2.87. The van der Waals surface area contributed by atoms with Crippen molar-refractivity contribution in [1.29, 1.82) is 0 Å². The highest BCUT2D eigenvalue weighted by Crippen LogP contribution is 2.32. The Morgan fingerprint density at radius 3 is 2.65 bits per heavy atom. The van der Waals surface area contributed by atoms with E-state index in [9.17, 15) is 10.1 Å². The van der Waals surface area contributed by atoms with Gasteiger partial charge in [0.25, 0.3) is 5.69 Å². The predicted molar refractivity (Wildman–Crippen MR) is 77.3 cm³/mol. The molecule has 0 atom stereocenters. The van der Waals surface area contributed by atoms with Gasteiger partial charge in [-0.25, -0.2) is 0 Å². The van der Waals surface area contributed by atoms with Crippen molar-refractivity contribution >= 4 is 17.1 Å². The normalized spacial score (nSPS) is 10.1. The van der Waals surface area contributed by atoms with Gasteiger partial charge < -0.3 is 15.8 Å². The first-order valence-electron chi connectivity index (χ1n) is 6.03. The summed E-state index contributed by atoms with van der Waals surface area (Å²) in [6, 6.07) is 12.1. The second kappa shape index (κ2) is 6.03. The van der Waals surface area contributed by atoms with Crippen molar-refractivity contribution in [3.8, 4) is 5.75 Å². The Kier molecular flexibility index (Phi) is 4.17. The number of ether oxygens (including phenoxy) is 1. The van der Waals surface area contributed by atoms with E-state index in [1.165, 1.54) is 6.07 Å². The third-order valence-corrected chi connectivity index (χ3v) is 2.87. The molecule has 0 fully saturated rings. The molecule has 6 nitrogen and oxygen atoms in total. The van der Waals surface area contributed by atoms with E-state index < -0.39 is 4.92 Å². The zero-order valence-corrected chi connectivity index (χ0v) is 11.0. The number of nitro benzene ring substituents is 1. The highest BCUT2D eigenvalue weighted by molar-refractivity contribution is 5.73. The molecule has 0 spiro atoms. The summed E-state index contributed by atoms with van der Waals surface area (Å²) in [5.41, 5.74) is 7.26. The highest BCUT2D eigenvalue weighted by atomic mass is 16.6. The van der Waals surface area contributed by atoms with Crippen LogP contribution in [0.5, 0.6) is 5.75 Å². The van der Waals surface area contributed by atoms with Crippen LogP contribution in [0.25, 0.3) is 0 Å². The Bertz CT molecular complexity index is 629. The van der Waals surface area contributed by atoms with Gasteiger partial charge in [-0.3, -0.25) is 10.1 Å². The first-order chi connectivity index (χ1) is 9.65. The number of rotatable bonds is 5. The second-order valence-corrected chi connectivity index (χ2v) is 4.14. The lowest BCUT2D eigenvalue weighted by atomic mass is 10.1. The molecule has 0 saturated carbocycles. The summed E-state index contributed by atoms with van der Waals surface area (Å²) in [6.45, 7) is 0.260. The quantitative estimate of drug-likeness (QED) is 0.645. The number of hydrogen-bond donors (Lipinski definition) is 2. The number of anilines is 2. The van der Waals surface area contributed by atoms with E-state index in [-0.39, 0.29) is 12.2 Å². The molecule has 20 heavy (non-hydrogen) atoms. The Balaban J connectivity index is 2.40. The third kappa shape index (κ3) is 2.86. The summed E-state index contributed by atoms with van der Waals surface area (Å²) in [6.07, 6.45) is 0. The van der Waals surface area contributed by atoms with Crippen LogP contribution in [0.1, 0.15) is 5.56 Å². The minimum absolute atomic E-state index is 0.0149. The maximum absolute atomic E-state index is 11.1. The summed E-state index contributed by atoms with van der Waals surface area (Å²) < 4.78 is 5.21. The SMILES string of the molecule is COc1ccccc1Nc1ccc(CN)cc1[N+](=O)[O-]. The molecule has 0 bridgehead atoms. The summed E-state index contributed by atoms with van der Waals surface area (Å²) in [5.74, 6) is 0.615. The standard InChI is InChI=1S/C14H15N3O3/c1-20-14-5-3-2-4-12(14)16-11-7-6-10(9-15)8-13(11)17(18)19/h2-8,16H,9,15H2,1H3. The van der Waals surface area contributed by atoms with Gasteiger partial charge in [-0.05, 0) is 23.8 Å². The van der Waals surface area contributed by atoms with E-state index in [0.29, 0.717) is 22.7 Å². The van der Waals surface area contributed by atoms with Gasteiger partial charge in [0.1, 0.15) is 11.4 Å². The molecule has 6 heteroatoms. The van der Waals surface area contributed by atoms with E-state index in [4.69, 9.17) is 10.5 Å². The van der Waals surface area contributed by atoms with Crippen molar-refractivity contribution < 1.29 is 9.66 Å². The molecule has 0 radical (unpaired) electrons. The zero-order valence-electron chi connectivity index (χ0n) is 11.0. The molecule has 0 unspecified atom stereocenters. The number of benzene rings is 2. The molecular formula is C14H15N3O3. The first-order valence-corrected chi connectivity index (χ1v) is 6.03. The Labute approximate surface area is 116 Å². The van der Waals surface area contributed by atoms with Gasteiger partial charge in [-0.15, -0.1) is 0 Å². The lowest BCUT2D eigenvalue weighted by molar-refractivity contribution is -0.384. The fourth-order valence-corrected chi connectivity index (χ4v) is 1.85. The number of hydrogen-bond acceptors (Lipinski definition) is 5. The zero-order chi connectivity index (χ0) is 14.5. The minimum Gasteiger partial charge on any atom is -0.495 e. The average molecular weight is 273 g/mol. The molecule has 0 saturated heterocycles. The van der Waals surface area contributed by atoms with Crippen LogP contribution < -0.4 is 15.8 Å². The number of nitro groups is 1.